The van der Waals surface area contributed by atoms with Crippen molar-refractivity contribution in [2.75, 3.05) is 18.8 Å². The van der Waals surface area contributed by atoms with Gasteiger partial charge in [-0.25, -0.2) is 13.6 Å². The standard InChI is InChI=1S/C15H23N3O2S/c16-21(19,20)11-15-2-1-7-18(15)10-12-3-4-13-5-6-17-9-14(13)8-12/h3-4,8,15,17H,1-2,5-7,9-11H2,(H2,16,19,20). The van der Waals surface area contributed by atoms with Crippen molar-refractivity contribution in [3.63, 3.8) is 0 Å². The lowest BCUT2D eigenvalue weighted by Gasteiger charge is -2.25. The molecule has 1 saturated heterocycles. The molecule has 3 rings (SSSR count). The van der Waals surface area contributed by atoms with Crippen molar-refractivity contribution >= 4 is 10.0 Å². The van der Waals surface area contributed by atoms with Gasteiger partial charge in [-0.2, -0.15) is 0 Å². The van der Waals surface area contributed by atoms with Crippen molar-refractivity contribution in [3.05, 3.63) is 34.9 Å². The van der Waals surface area contributed by atoms with Gasteiger partial charge in [0.15, 0.2) is 0 Å². The fourth-order valence-electron chi connectivity index (χ4n) is 3.43. The number of nitrogens with two attached hydrogens (primary N) is 1. The van der Waals surface area contributed by atoms with E-state index in [1.807, 2.05) is 0 Å². The van der Waals surface area contributed by atoms with Crippen molar-refractivity contribution in [3.8, 4) is 0 Å². The van der Waals surface area contributed by atoms with Gasteiger partial charge in [0.1, 0.15) is 0 Å². The second-order valence-electron chi connectivity index (χ2n) is 6.13. The van der Waals surface area contributed by atoms with Crippen molar-refractivity contribution in [2.24, 2.45) is 5.14 Å². The summed E-state index contributed by atoms with van der Waals surface area (Å²) in [6.07, 6.45) is 3.06. The Hall–Kier alpha value is -0.950. The first kappa shape index (κ1) is 15.0. The molecule has 21 heavy (non-hydrogen) atoms. The molecule has 3 N–H and O–H groups in total. The van der Waals surface area contributed by atoms with Crippen LogP contribution in [0.4, 0.5) is 0 Å². The fraction of sp³-hybridized carbons (Fsp3) is 0.600. The van der Waals surface area contributed by atoms with E-state index in [2.05, 4.69) is 28.4 Å². The highest BCUT2D eigenvalue weighted by Gasteiger charge is 2.27. The molecule has 5 nitrogen and oxygen atoms in total. The van der Waals surface area contributed by atoms with Gasteiger partial charge >= 0.3 is 0 Å². The highest BCUT2D eigenvalue weighted by Crippen LogP contribution is 2.23. The molecule has 0 bridgehead atoms. The van der Waals surface area contributed by atoms with E-state index in [9.17, 15) is 8.42 Å². The second-order valence-corrected chi connectivity index (χ2v) is 7.78. The number of nitrogens with one attached hydrogen (secondary N) is 1. The van der Waals surface area contributed by atoms with Gasteiger partial charge in [0.05, 0.1) is 5.75 Å². The van der Waals surface area contributed by atoms with E-state index in [-0.39, 0.29) is 11.8 Å². The number of sulfonamides is 1. The minimum absolute atomic E-state index is 0.0640. The number of rotatable bonds is 4. The number of benzene rings is 1. The van der Waals surface area contributed by atoms with Crippen molar-refractivity contribution in [2.45, 2.75) is 38.4 Å². The van der Waals surface area contributed by atoms with Crippen LogP contribution in [0.2, 0.25) is 0 Å². The lowest BCUT2D eigenvalue weighted by molar-refractivity contribution is 0.261. The monoisotopic (exact) mass is 309 g/mol. The summed E-state index contributed by atoms with van der Waals surface area (Å²) in [6.45, 7) is 3.75. The lowest BCUT2D eigenvalue weighted by Crippen LogP contribution is -2.37. The van der Waals surface area contributed by atoms with Gasteiger partial charge in [0.25, 0.3) is 0 Å². The van der Waals surface area contributed by atoms with Crippen LogP contribution in [-0.2, 0) is 29.5 Å². The number of primary sulfonamides is 1. The summed E-state index contributed by atoms with van der Waals surface area (Å²) in [5.74, 6) is 0.0689. The summed E-state index contributed by atoms with van der Waals surface area (Å²) in [7, 11) is -3.40. The Morgan fingerprint density at radius 1 is 1.33 bits per heavy atom. The van der Waals surface area contributed by atoms with Crippen LogP contribution in [0.5, 0.6) is 0 Å². The van der Waals surface area contributed by atoms with E-state index in [4.69, 9.17) is 5.14 Å². The molecule has 6 heteroatoms. The predicted octanol–water partition coefficient (Wildman–Crippen LogP) is 0.585. The lowest BCUT2D eigenvalue weighted by atomic mass is 9.98. The van der Waals surface area contributed by atoms with Crippen molar-refractivity contribution in [1.82, 2.24) is 10.2 Å². The maximum Gasteiger partial charge on any atom is 0.210 e. The van der Waals surface area contributed by atoms with Crippen LogP contribution in [-0.4, -0.2) is 38.2 Å². The average Bonchev–Trinajstić information content (AvgIpc) is 2.84. The number of hydrogen-bond acceptors (Lipinski definition) is 4. The van der Waals surface area contributed by atoms with E-state index in [0.717, 1.165) is 45.4 Å². The Kier molecular flexibility index (Phi) is 4.31. The van der Waals surface area contributed by atoms with Crippen LogP contribution < -0.4 is 10.5 Å². The maximum atomic E-state index is 11.3. The van der Waals surface area contributed by atoms with Gasteiger partial charge in [0, 0.05) is 19.1 Å². The van der Waals surface area contributed by atoms with E-state index < -0.39 is 10.0 Å². The third kappa shape index (κ3) is 3.83. The fourth-order valence-corrected chi connectivity index (χ4v) is 4.34. The molecule has 0 amide bonds. The minimum atomic E-state index is -3.40. The predicted molar refractivity (Wildman–Crippen MR) is 83.3 cm³/mol. The third-order valence-corrected chi connectivity index (χ3v) is 5.32. The molecule has 1 unspecified atom stereocenters. The zero-order valence-electron chi connectivity index (χ0n) is 12.2. The van der Waals surface area contributed by atoms with Crippen LogP contribution in [0.3, 0.4) is 0 Å². The first-order chi connectivity index (χ1) is 10.0. The molecule has 0 radical (unpaired) electrons. The zero-order valence-corrected chi connectivity index (χ0v) is 13.0. The Bertz CT molecular complexity index is 615. The summed E-state index contributed by atoms with van der Waals surface area (Å²) in [6, 6.07) is 6.72. The average molecular weight is 309 g/mol. The van der Waals surface area contributed by atoms with E-state index in [1.165, 1.54) is 16.7 Å². The quantitative estimate of drug-likeness (QED) is 0.853. The van der Waals surface area contributed by atoms with Crippen LogP contribution in [0.15, 0.2) is 18.2 Å². The highest BCUT2D eigenvalue weighted by atomic mass is 32.2. The van der Waals surface area contributed by atoms with Gasteiger partial charge in [-0.1, -0.05) is 18.2 Å². The molecule has 0 aromatic heterocycles. The van der Waals surface area contributed by atoms with E-state index in [1.54, 1.807) is 0 Å². The van der Waals surface area contributed by atoms with Gasteiger partial charge in [-0.15, -0.1) is 0 Å². The largest absolute Gasteiger partial charge is 0.312 e. The van der Waals surface area contributed by atoms with Gasteiger partial charge < -0.3 is 5.32 Å². The number of nitrogens with zero attached hydrogens (tertiary/aromatic N) is 1. The normalized spacial score (nSPS) is 23.2. The molecule has 2 heterocycles. The SMILES string of the molecule is NS(=O)(=O)CC1CCCN1Cc1ccc2c(c1)CNCC2. The first-order valence-corrected chi connectivity index (χ1v) is 9.29. The van der Waals surface area contributed by atoms with Crippen molar-refractivity contribution in [1.29, 1.82) is 0 Å². The van der Waals surface area contributed by atoms with E-state index >= 15 is 0 Å². The van der Waals surface area contributed by atoms with Crippen LogP contribution >= 0.6 is 0 Å². The van der Waals surface area contributed by atoms with Crippen LogP contribution in [0, 0.1) is 0 Å². The number of likely N-dealkylation sites (tertiary alicyclic amines) is 1. The molecule has 0 saturated carbocycles. The smallest absolute Gasteiger partial charge is 0.210 e. The molecule has 1 aromatic rings. The molecule has 0 aliphatic carbocycles. The molecule has 116 valence electrons. The Morgan fingerprint density at radius 2 is 2.19 bits per heavy atom. The molecule has 0 spiro atoms. The summed E-state index contributed by atoms with van der Waals surface area (Å²) in [4.78, 5) is 2.25. The summed E-state index contributed by atoms with van der Waals surface area (Å²) in [5.41, 5.74) is 4.07. The van der Waals surface area contributed by atoms with Crippen LogP contribution in [0.1, 0.15) is 29.5 Å². The summed E-state index contributed by atoms with van der Waals surface area (Å²) >= 11 is 0. The number of hydrogen-bond donors (Lipinski definition) is 2. The second kappa shape index (κ2) is 6.04. The summed E-state index contributed by atoms with van der Waals surface area (Å²) in [5, 5.41) is 8.59. The molecular weight excluding hydrogens is 286 g/mol. The summed E-state index contributed by atoms with van der Waals surface area (Å²) < 4.78 is 22.6. The maximum absolute atomic E-state index is 11.3. The minimum Gasteiger partial charge on any atom is -0.312 e. The van der Waals surface area contributed by atoms with Gasteiger partial charge in [-0.3, -0.25) is 4.90 Å². The third-order valence-electron chi connectivity index (χ3n) is 4.47. The molecular formula is C15H23N3O2S. The highest BCUT2D eigenvalue weighted by molar-refractivity contribution is 7.89. The van der Waals surface area contributed by atoms with Gasteiger partial charge in [0.2, 0.25) is 10.0 Å². The molecule has 1 aromatic carbocycles. The van der Waals surface area contributed by atoms with E-state index in [0.29, 0.717) is 0 Å². The van der Waals surface area contributed by atoms with Gasteiger partial charge in [-0.05, 0) is 49.0 Å². The zero-order chi connectivity index (χ0) is 14.9. The molecule has 1 fully saturated rings. The van der Waals surface area contributed by atoms with Crippen LogP contribution in [0.25, 0.3) is 0 Å². The molecule has 2 aliphatic heterocycles. The molecule has 1 atom stereocenters. The molecule has 2 aliphatic rings. The Labute approximate surface area is 126 Å². The van der Waals surface area contributed by atoms with Crippen molar-refractivity contribution < 1.29 is 8.42 Å². The topological polar surface area (TPSA) is 75.4 Å². The number of fused-ring (bicyclic) bond motifs is 1. The first-order valence-electron chi connectivity index (χ1n) is 7.57. The Morgan fingerprint density at radius 3 is 3.00 bits per heavy atom. The Balaban J connectivity index is 1.70.